The van der Waals surface area contributed by atoms with E-state index in [1.165, 1.54) is 154 Å². The van der Waals surface area contributed by atoms with Crippen molar-refractivity contribution in [2.24, 2.45) is 0 Å². The Hall–Kier alpha value is -2.30. The number of aliphatic hydroxyl groups excluding tert-OH is 1. The quantitative estimate of drug-likeness (QED) is 0.0197. The lowest BCUT2D eigenvalue weighted by atomic mass is 10.1. The molecule has 11 nitrogen and oxygen atoms in total. The van der Waals surface area contributed by atoms with Crippen LogP contribution in [0.2, 0.25) is 0 Å². The fourth-order valence-corrected chi connectivity index (χ4v) is 9.23. The van der Waals surface area contributed by atoms with Crippen molar-refractivity contribution >= 4 is 25.7 Å². The molecular weight excluding hydrogens is 928 g/mol. The summed E-state index contributed by atoms with van der Waals surface area (Å²) < 4.78 is 39.5. The maximum Gasteiger partial charge on any atom is 0.472 e. The van der Waals surface area contributed by atoms with Crippen LogP contribution in [0.5, 0.6) is 0 Å². The van der Waals surface area contributed by atoms with Gasteiger partial charge in [-0.3, -0.25) is 23.4 Å². The number of unbranched alkanes of at least 4 members (excludes halogenated alkanes) is 33. The van der Waals surface area contributed by atoms with Crippen molar-refractivity contribution in [2.75, 3.05) is 26.4 Å². The van der Waals surface area contributed by atoms with E-state index in [1.54, 1.807) is 0 Å². The van der Waals surface area contributed by atoms with Gasteiger partial charge in [0.2, 0.25) is 0 Å². The number of phosphoric ester groups is 1. The summed E-state index contributed by atoms with van der Waals surface area (Å²) in [7, 11) is -4.74. The molecule has 3 unspecified atom stereocenters. The number of rotatable bonds is 56. The Labute approximate surface area is 441 Å². The van der Waals surface area contributed by atoms with Gasteiger partial charge in [-0.1, -0.05) is 231 Å². The molecule has 0 aromatic carbocycles. The van der Waals surface area contributed by atoms with E-state index in [9.17, 15) is 28.9 Å². The Kier molecular flexibility index (Phi) is 53.2. The summed E-state index contributed by atoms with van der Waals surface area (Å²) in [4.78, 5) is 48.5. The molecule has 0 aromatic heterocycles. The first-order valence-electron chi connectivity index (χ1n) is 29.9. The number of aliphatic hydroxyl groups is 1. The fourth-order valence-electron chi connectivity index (χ4n) is 8.44. The molecule has 0 saturated carbocycles. The summed E-state index contributed by atoms with van der Waals surface area (Å²) in [5.41, 5.74) is 0. The number of allylic oxidation sites excluding steroid dienone is 6. The molecule has 12 heteroatoms. The zero-order valence-electron chi connectivity index (χ0n) is 46.7. The molecule has 0 amide bonds. The van der Waals surface area contributed by atoms with Crippen molar-refractivity contribution in [3.8, 4) is 0 Å². The first-order valence-corrected chi connectivity index (χ1v) is 31.4. The highest BCUT2D eigenvalue weighted by atomic mass is 31.2. The SMILES string of the molecule is CCCCC/C=C\C/C=C\CCCCCCCCCC(=O)OC(COC(=O)CCCCCCCCCCC/C=C\CCCCCCCC)COP(=O)(O)OCC(CO)OC(=O)CCCCCCCCCCC. The molecule has 3 atom stereocenters. The highest BCUT2D eigenvalue weighted by Gasteiger charge is 2.28. The van der Waals surface area contributed by atoms with E-state index < -0.39 is 57.8 Å². The summed E-state index contributed by atoms with van der Waals surface area (Å²) >= 11 is 0. The smallest absolute Gasteiger partial charge is 0.462 e. The van der Waals surface area contributed by atoms with Gasteiger partial charge in [0.25, 0.3) is 0 Å². The van der Waals surface area contributed by atoms with Crippen LogP contribution in [-0.2, 0) is 42.2 Å². The van der Waals surface area contributed by atoms with Gasteiger partial charge < -0.3 is 24.2 Å². The summed E-state index contributed by atoms with van der Waals surface area (Å²) in [6, 6.07) is 0. The van der Waals surface area contributed by atoms with Gasteiger partial charge in [-0.2, -0.15) is 0 Å². The molecule has 0 aromatic rings. The average molecular weight is 1040 g/mol. The van der Waals surface area contributed by atoms with Gasteiger partial charge in [-0.05, 0) is 77.0 Å². The number of carbonyl (C=O) groups excluding carboxylic acids is 3. The Morgan fingerprint density at radius 1 is 0.389 bits per heavy atom. The Bertz CT molecular complexity index is 1350. The van der Waals surface area contributed by atoms with Crippen LogP contribution < -0.4 is 0 Å². The second kappa shape index (κ2) is 54.9. The highest BCUT2D eigenvalue weighted by molar-refractivity contribution is 7.47. The first kappa shape index (κ1) is 69.7. The van der Waals surface area contributed by atoms with Crippen molar-refractivity contribution in [3.05, 3.63) is 36.5 Å². The zero-order valence-corrected chi connectivity index (χ0v) is 47.6. The molecule has 2 N–H and O–H groups in total. The first-order chi connectivity index (χ1) is 35.2. The van der Waals surface area contributed by atoms with Crippen molar-refractivity contribution in [1.82, 2.24) is 0 Å². The zero-order chi connectivity index (χ0) is 52.7. The van der Waals surface area contributed by atoms with Gasteiger partial charge in [0, 0.05) is 19.3 Å². The van der Waals surface area contributed by atoms with Crippen LogP contribution in [0, 0.1) is 0 Å². The molecule has 0 aliphatic carbocycles. The van der Waals surface area contributed by atoms with Gasteiger partial charge >= 0.3 is 25.7 Å². The van der Waals surface area contributed by atoms with Gasteiger partial charge in [-0.25, -0.2) is 4.57 Å². The number of hydrogen-bond acceptors (Lipinski definition) is 10. The van der Waals surface area contributed by atoms with Crippen LogP contribution in [0.25, 0.3) is 0 Å². The van der Waals surface area contributed by atoms with Crippen LogP contribution in [0.4, 0.5) is 0 Å². The number of phosphoric acid groups is 1. The van der Waals surface area contributed by atoms with E-state index in [4.69, 9.17) is 23.3 Å². The highest BCUT2D eigenvalue weighted by Crippen LogP contribution is 2.43. The van der Waals surface area contributed by atoms with Crippen molar-refractivity contribution in [1.29, 1.82) is 0 Å². The average Bonchev–Trinajstić information content (AvgIpc) is 3.37. The Balaban J connectivity index is 4.68. The van der Waals surface area contributed by atoms with E-state index in [0.717, 1.165) is 77.0 Å². The van der Waals surface area contributed by atoms with Crippen molar-refractivity contribution < 1.29 is 52.2 Å². The normalized spacial score (nSPS) is 13.6. The Morgan fingerprint density at radius 2 is 0.681 bits per heavy atom. The minimum Gasteiger partial charge on any atom is -0.462 e. The maximum atomic E-state index is 12.9. The van der Waals surface area contributed by atoms with Crippen LogP contribution >= 0.6 is 7.82 Å². The largest absolute Gasteiger partial charge is 0.472 e. The van der Waals surface area contributed by atoms with E-state index in [-0.39, 0.29) is 25.9 Å². The van der Waals surface area contributed by atoms with Crippen LogP contribution in [-0.4, -0.2) is 66.5 Å². The summed E-state index contributed by atoms with van der Waals surface area (Å²) in [6.45, 7) is 4.62. The third-order valence-corrected chi connectivity index (χ3v) is 14.0. The standard InChI is InChI=1S/C60H111O11P/c1-4-7-10-13-16-19-21-23-25-27-28-30-31-33-35-38-40-43-46-49-58(62)67-53-57(71-60(64)51-48-45-42-39-36-34-32-29-26-24-22-20-17-14-11-8-5-2)55-69-72(65,66)68-54-56(52-61)70-59(63)50-47-44-41-37-18-15-12-9-6-3/h17,20,23-26,56-57,61H,4-16,18-19,21-22,27-55H2,1-3H3,(H,65,66)/b20-17-,25-23-,26-24-. The van der Waals surface area contributed by atoms with E-state index in [2.05, 4.69) is 57.2 Å². The van der Waals surface area contributed by atoms with Crippen LogP contribution in [0.15, 0.2) is 36.5 Å². The summed E-state index contributed by atoms with van der Waals surface area (Å²) in [5, 5.41) is 9.78. The molecule has 0 heterocycles. The topological polar surface area (TPSA) is 155 Å². The predicted octanol–water partition coefficient (Wildman–Crippen LogP) is 17.6. The van der Waals surface area contributed by atoms with Gasteiger partial charge in [0.1, 0.15) is 12.7 Å². The van der Waals surface area contributed by atoms with Gasteiger partial charge in [-0.15, -0.1) is 0 Å². The van der Waals surface area contributed by atoms with Gasteiger partial charge in [0.05, 0.1) is 19.8 Å². The molecule has 0 fully saturated rings. The van der Waals surface area contributed by atoms with Crippen molar-refractivity contribution in [3.63, 3.8) is 0 Å². The minimum atomic E-state index is -4.74. The lowest BCUT2D eigenvalue weighted by molar-refractivity contribution is -0.161. The van der Waals surface area contributed by atoms with Crippen LogP contribution in [0.1, 0.15) is 290 Å². The minimum absolute atomic E-state index is 0.162. The molecule has 0 radical (unpaired) electrons. The third-order valence-electron chi connectivity index (χ3n) is 13.0. The molecule has 422 valence electrons. The lowest BCUT2D eigenvalue weighted by Gasteiger charge is -2.21. The van der Waals surface area contributed by atoms with Crippen molar-refractivity contribution in [2.45, 2.75) is 303 Å². The Morgan fingerprint density at radius 3 is 1.07 bits per heavy atom. The molecule has 72 heavy (non-hydrogen) atoms. The van der Waals surface area contributed by atoms with Gasteiger partial charge in [0.15, 0.2) is 6.10 Å². The molecule has 0 rings (SSSR count). The predicted molar refractivity (Wildman–Crippen MR) is 298 cm³/mol. The summed E-state index contributed by atoms with van der Waals surface area (Å²) in [5.74, 6) is -1.46. The second-order valence-electron chi connectivity index (χ2n) is 20.2. The third kappa shape index (κ3) is 52.6. The number of esters is 3. The number of carbonyl (C=O) groups is 3. The monoisotopic (exact) mass is 1040 g/mol. The van der Waals surface area contributed by atoms with E-state index in [0.29, 0.717) is 19.3 Å². The lowest BCUT2D eigenvalue weighted by Crippen LogP contribution is -2.30. The molecule has 0 aliphatic rings. The molecular formula is C60H111O11P. The molecule has 0 aliphatic heterocycles. The van der Waals surface area contributed by atoms with E-state index in [1.807, 2.05) is 0 Å². The van der Waals surface area contributed by atoms with Crippen LogP contribution in [0.3, 0.4) is 0 Å². The molecule has 0 saturated heterocycles. The summed E-state index contributed by atoms with van der Waals surface area (Å²) in [6.07, 6.45) is 56.8. The number of hydrogen-bond donors (Lipinski definition) is 2. The maximum absolute atomic E-state index is 12.9. The number of ether oxygens (including phenoxy) is 3. The second-order valence-corrected chi connectivity index (χ2v) is 21.6. The molecule has 0 bridgehead atoms. The van der Waals surface area contributed by atoms with E-state index >= 15 is 0 Å². The fraction of sp³-hybridized carbons (Fsp3) is 0.850. The molecule has 0 spiro atoms.